The first-order chi connectivity index (χ1) is 12.7. The van der Waals surface area contributed by atoms with Gasteiger partial charge in [-0.25, -0.2) is 4.98 Å². The number of fused-ring (bicyclic) bond motifs is 1. The number of pyridine rings is 1. The van der Waals surface area contributed by atoms with Gasteiger partial charge in [0, 0.05) is 25.2 Å². The number of hydrogen-bond donors (Lipinski definition) is 0. The van der Waals surface area contributed by atoms with Gasteiger partial charge in [0.15, 0.2) is 11.5 Å². The Morgan fingerprint density at radius 2 is 2.19 bits per heavy atom. The van der Waals surface area contributed by atoms with Crippen LogP contribution in [0.1, 0.15) is 12.0 Å². The Hall–Kier alpha value is -2.54. The van der Waals surface area contributed by atoms with Crippen molar-refractivity contribution in [1.29, 1.82) is 0 Å². The molecule has 134 valence electrons. The third-order valence-electron chi connectivity index (χ3n) is 4.27. The fourth-order valence-electron chi connectivity index (χ4n) is 2.93. The van der Waals surface area contributed by atoms with E-state index in [1.165, 1.54) is 0 Å². The molecule has 1 saturated heterocycles. The molecule has 1 aromatic carbocycles. The summed E-state index contributed by atoms with van der Waals surface area (Å²) in [6.45, 7) is 1.45. The third-order valence-corrected chi connectivity index (χ3v) is 4.88. The van der Waals surface area contributed by atoms with E-state index >= 15 is 0 Å². The summed E-state index contributed by atoms with van der Waals surface area (Å²) in [6.07, 6.45) is 5.78. The number of halogens is 1. The van der Waals surface area contributed by atoms with Crippen molar-refractivity contribution in [2.24, 2.45) is 0 Å². The quantitative estimate of drug-likeness (QED) is 0.715. The van der Waals surface area contributed by atoms with Crippen molar-refractivity contribution in [3.63, 3.8) is 0 Å². The van der Waals surface area contributed by atoms with E-state index in [2.05, 4.69) is 20.9 Å². The van der Waals surface area contributed by atoms with E-state index in [0.717, 1.165) is 22.2 Å². The normalized spacial score (nSPS) is 18.5. The number of nitrogens with zero attached hydrogens (tertiary/aromatic N) is 2. The molecule has 2 aliphatic rings. The van der Waals surface area contributed by atoms with Crippen molar-refractivity contribution in [1.82, 2.24) is 9.88 Å². The van der Waals surface area contributed by atoms with E-state index in [4.69, 9.17) is 14.2 Å². The van der Waals surface area contributed by atoms with E-state index in [1.807, 2.05) is 30.3 Å². The van der Waals surface area contributed by atoms with Crippen LogP contribution in [0.2, 0.25) is 0 Å². The Balaban J connectivity index is 1.35. The van der Waals surface area contributed by atoms with Gasteiger partial charge in [-0.3, -0.25) is 4.79 Å². The molecule has 6 nitrogen and oxygen atoms in total. The Kier molecular flexibility index (Phi) is 4.79. The van der Waals surface area contributed by atoms with Crippen molar-refractivity contribution < 1.29 is 19.0 Å². The Morgan fingerprint density at radius 3 is 3.08 bits per heavy atom. The molecule has 7 heteroatoms. The molecule has 0 radical (unpaired) electrons. The van der Waals surface area contributed by atoms with Crippen LogP contribution in [-0.4, -0.2) is 41.8 Å². The van der Waals surface area contributed by atoms with Crippen molar-refractivity contribution >= 4 is 27.9 Å². The maximum Gasteiger partial charge on any atom is 0.246 e. The van der Waals surface area contributed by atoms with Gasteiger partial charge in [-0.15, -0.1) is 0 Å². The Bertz CT molecular complexity index is 855. The molecule has 2 aliphatic heterocycles. The number of carbonyl (C=O) groups is 1. The van der Waals surface area contributed by atoms with Gasteiger partial charge in [0.05, 0.1) is 11.0 Å². The molecular formula is C19H17BrN2O4. The highest BCUT2D eigenvalue weighted by Gasteiger charge is 2.27. The average molecular weight is 417 g/mol. The largest absolute Gasteiger partial charge is 0.472 e. The monoisotopic (exact) mass is 416 g/mol. The van der Waals surface area contributed by atoms with Crippen molar-refractivity contribution in [2.45, 2.75) is 12.5 Å². The predicted molar refractivity (Wildman–Crippen MR) is 99.1 cm³/mol. The van der Waals surface area contributed by atoms with Crippen LogP contribution in [0.5, 0.6) is 17.4 Å². The second-order valence-corrected chi connectivity index (χ2v) is 6.90. The van der Waals surface area contributed by atoms with Crippen LogP contribution in [0.4, 0.5) is 0 Å². The average Bonchev–Trinajstić information content (AvgIpc) is 3.30. The first-order valence-electron chi connectivity index (χ1n) is 8.33. The molecular weight excluding hydrogens is 400 g/mol. The van der Waals surface area contributed by atoms with Gasteiger partial charge < -0.3 is 19.1 Å². The lowest BCUT2D eigenvalue weighted by molar-refractivity contribution is -0.125. The number of hydrogen-bond acceptors (Lipinski definition) is 5. The predicted octanol–water partition coefficient (Wildman–Crippen LogP) is 3.27. The van der Waals surface area contributed by atoms with Gasteiger partial charge in [0.1, 0.15) is 6.10 Å². The van der Waals surface area contributed by atoms with Crippen LogP contribution in [0, 0.1) is 0 Å². The Labute approximate surface area is 159 Å². The van der Waals surface area contributed by atoms with E-state index in [9.17, 15) is 4.79 Å². The molecule has 1 unspecified atom stereocenters. The molecule has 0 saturated carbocycles. The first kappa shape index (κ1) is 16.9. The second kappa shape index (κ2) is 7.37. The number of amides is 1. The lowest BCUT2D eigenvalue weighted by atomic mass is 10.2. The van der Waals surface area contributed by atoms with Gasteiger partial charge in [0.2, 0.25) is 18.6 Å². The van der Waals surface area contributed by atoms with Crippen molar-refractivity contribution in [2.75, 3.05) is 19.9 Å². The number of aromatic nitrogens is 1. The van der Waals surface area contributed by atoms with Crippen LogP contribution in [0.15, 0.2) is 47.1 Å². The fourth-order valence-corrected chi connectivity index (χ4v) is 3.28. The molecule has 1 amide bonds. The number of benzene rings is 1. The molecule has 1 aromatic heterocycles. The molecule has 2 aromatic rings. The van der Waals surface area contributed by atoms with E-state index in [1.54, 1.807) is 23.2 Å². The zero-order valence-corrected chi connectivity index (χ0v) is 15.5. The van der Waals surface area contributed by atoms with Gasteiger partial charge in [-0.1, -0.05) is 6.07 Å². The minimum atomic E-state index is -0.0518. The topological polar surface area (TPSA) is 60.9 Å². The van der Waals surface area contributed by atoms with E-state index < -0.39 is 0 Å². The highest BCUT2D eigenvalue weighted by Crippen LogP contribution is 2.32. The zero-order chi connectivity index (χ0) is 17.9. The summed E-state index contributed by atoms with van der Waals surface area (Å²) >= 11 is 3.42. The standard InChI is InChI=1S/C19H17BrN2O4/c20-15-2-1-8-21-19(15)26-14-7-9-22(11-14)18(23)6-4-13-3-5-16-17(10-13)25-12-24-16/h1-6,8,10,14H,7,9,11-12H2/b6-4+. The smallest absolute Gasteiger partial charge is 0.246 e. The highest BCUT2D eigenvalue weighted by molar-refractivity contribution is 9.10. The van der Waals surface area contributed by atoms with Crippen LogP contribution in [0.3, 0.4) is 0 Å². The molecule has 1 atom stereocenters. The fraction of sp³-hybridized carbons (Fsp3) is 0.263. The minimum Gasteiger partial charge on any atom is -0.472 e. The summed E-state index contributed by atoms with van der Waals surface area (Å²) in [4.78, 5) is 18.4. The summed E-state index contributed by atoms with van der Waals surface area (Å²) in [5.74, 6) is 1.96. The summed E-state index contributed by atoms with van der Waals surface area (Å²) in [5, 5.41) is 0. The summed E-state index contributed by atoms with van der Waals surface area (Å²) in [7, 11) is 0. The molecule has 3 heterocycles. The SMILES string of the molecule is O=C(/C=C/c1ccc2c(c1)OCO2)N1CCC(Oc2ncccc2Br)C1. The van der Waals surface area contributed by atoms with Crippen molar-refractivity contribution in [3.8, 4) is 17.4 Å². The Morgan fingerprint density at radius 1 is 1.31 bits per heavy atom. The molecule has 0 bridgehead atoms. The summed E-state index contributed by atoms with van der Waals surface area (Å²) in [5.41, 5.74) is 0.895. The van der Waals surface area contributed by atoms with E-state index in [0.29, 0.717) is 24.7 Å². The van der Waals surface area contributed by atoms with Crippen molar-refractivity contribution in [3.05, 3.63) is 52.6 Å². The lowest BCUT2D eigenvalue weighted by Crippen LogP contribution is -2.29. The van der Waals surface area contributed by atoms with Gasteiger partial charge in [-0.05, 0) is 51.8 Å². The van der Waals surface area contributed by atoms with Gasteiger partial charge in [-0.2, -0.15) is 0 Å². The molecule has 1 fully saturated rings. The molecule has 0 N–H and O–H groups in total. The van der Waals surface area contributed by atoms with Crippen LogP contribution in [-0.2, 0) is 4.79 Å². The van der Waals surface area contributed by atoms with Crippen LogP contribution in [0.25, 0.3) is 6.08 Å². The molecule has 0 aliphatic carbocycles. The van der Waals surface area contributed by atoms with Gasteiger partial charge >= 0.3 is 0 Å². The second-order valence-electron chi connectivity index (χ2n) is 6.05. The van der Waals surface area contributed by atoms with Gasteiger partial charge in [0.25, 0.3) is 0 Å². The lowest BCUT2D eigenvalue weighted by Gasteiger charge is -2.15. The molecule has 0 spiro atoms. The summed E-state index contributed by atoms with van der Waals surface area (Å²) < 4.78 is 17.3. The summed E-state index contributed by atoms with van der Waals surface area (Å²) in [6, 6.07) is 9.32. The number of likely N-dealkylation sites (tertiary alicyclic amines) is 1. The number of ether oxygens (including phenoxy) is 3. The first-order valence-corrected chi connectivity index (χ1v) is 9.12. The number of rotatable bonds is 4. The maximum absolute atomic E-state index is 12.4. The number of carbonyl (C=O) groups excluding carboxylic acids is 1. The van der Waals surface area contributed by atoms with Crippen LogP contribution < -0.4 is 14.2 Å². The maximum atomic E-state index is 12.4. The highest BCUT2D eigenvalue weighted by atomic mass is 79.9. The third kappa shape index (κ3) is 3.67. The minimum absolute atomic E-state index is 0.0335. The van der Waals surface area contributed by atoms with Crippen LogP contribution >= 0.6 is 15.9 Å². The van der Waals surface area contributed by atoms with E-state index in [-0.39, 0.29) is 18.8 Å². The molecule has 4 rings (SSSR count). The molecule has 26 heavy (non-hydrogen) atoms. The zero-order valence-electron chi connectivity index (χ0n) is 13.9.